The average molecular weight is 585 g/mol. The highest BCUT2D eigenvalue weighted by Crippen LogP contribution is 2.47. The molecule has 0 fully saturated rings. The molecule has 0 spiro atoms. The van der Waals surface area contributed by atoms with Crippen LogP contribution in [0.25, 0.3) is 0 Å². The number of rotatable bonds is 31. The Morgan fingerprint density at radius 1 is 0.400 bits per heavy atom. The maximum Gasteiger partial charge on any atom is 0.0586 e. The van der Waals surface area contributed by atoms with Gasteiger partial charge in [0, 0.05) is 33.2 Å². The van der Waals surface area contributed by atoms with Crippen LogP contribution in [0.3, 0.4) is 0 Å². The lowest BCUT2D eigenvalue weighted by atomic mass is 10.0. The maximum absolute atomic E-state index is 10.2. The minimum atomic E-state index is -0.903. The van der Waals surface area contributed by atoms with Gasteiger partial charge in [-0.1, -0.05) is 181 Å². The van der Waals surface area contributed by atoms with Crippen molar-refractivity contribution >= 4 is 13.2 Å². The van der Waals surface area contributed by atoms with Crippen molar-refractivity contribution in [1.82, 2.24) is 0 Å². The molecule has 0 aromatic carbocycles. The molecule has 0 aliphatic rings. The van der Waals surface area contributed by atoms with Crippen LogP contribution in [0.4, 0.5) is 0 Å². The zero-order valence-corrected chi connectivity index (χ0v) is 29.6. The van der Waals surface area contributed by atoms with Crippen LogP contribution in [0.5, 0.6) is 0 Å². The topological polar surface area (TPSA) is 40.1 Å². The molecule has 3 heteroatoms. The van der Waals surface area contributed by atoms with Gasteiger partial charge in [-0.15, -0.1) is 0 Å². The van der Waals surface area contributed by atoms with Gasteiger partial charge in [0.05, 0.1) is 6.16 Å². The smallest absolute Gasteiger partial charge is 0.0586 e. The predicted molar refractivity (Wildman–Crippen MR) is 184 cm³/mol. The van der Waals surface area contributed by atoms with Crippen LogP contribution in [-0.2, 0) is 4.79 Å². The van der Waals surface area contributed by atoms with Gasteiger partial charge in [0.25, 0.3) is 0 Å². The van der Waals surface area contributed by atoms with Gasteiger partial charge in [0.15, 0.2) is 0 Å². The van der Waals surface area contributed by atoms with Crippen molar-refractivity contribution in [1.29, 1.82) is 0 Å². The molecular formula is C37H77O2P. The van der Waals surface area contributed by atoms with Gasteiger partial charge in [-0.2, -0.15) is 0 Å². The van der Waals surface area contributed by atoms with Crippen LogP contribution in [0, 0.1) is 0 Å². The number of unbranched alkanes of at least 4 members (excludes halogenated alkanes) is 27. The summed E-state index contributed by atoms with van der Waals surface area (Å²) in [4.78, 5) is 10.2. The summed E-state index contributed by atoms with van der Waals surface area (Å²) >= 11 is 0. The highest BCUT2D eigenvalue weighted by Gasteiger charge is 2.15. The Balaban J connectivity index is 0. The van der Waals surface area contributed by atoms with Crippen molar-refractivity contribution in [3.63, 3.8) is 0 Å². The van der Waals surface area contributed by atoms with Gasteiger partial charge < -0.3 is 9.90 Å². The predicted octanol–water partition coefficient (Wildman–Crippen LogP) is 12.4. The summed E-state index contributed by atoms with van der Waals surface area (Å²) < 4.78 is 0. The fourth-order valence-electron chi connectivity index (χ4n) is 5.42. The monoisotopic (exact) mass is 585 g/mol. The number of hydrogen-bond acceptors (Lipinski definition) is 2. The largest absolute Gasteiger partial charge is 0.550 e. The minimum absolute atomic E-state index is 0.234. The molecule has 0 heterocycles. The lowest BCUT2D eigenvalue weighted by Gasteiger charge is -2.10. The standard InChI is InChI=1S/C19H42P.C18H36O2/c1-5-6-7-8-9-10-11-12-13-14-15-16-17-18-19-20(2,3)4;1-2-3-4-5-6-7-8-9-10-11-12-13-14-15-16-17-18(19)20/h5-19H2,1-4H3;2-17H2,1H3,(H,19,20)/q+1;/p-1. The summed E-state index contributed by atoms with van der Waals surface area (Å²) in [6, 6.07) is 0. The Morgan fingerprint density at radius 3 is 0.850 bits per heavy atom. The Kier molecular flexibility index (Phi) is 36.9. The normalized spacial score (nSPS) is 11.4. The Bertz CT molecular complexity index is 471. The maximum atomic E-state index is 10.2. The second-order valence-electron chi connectivity index (χ2n) is 13.7. The molecule has 40 heavy (non-hydrogen) atoms. The first kappa shape index (κ1) is 42.0. The first-order valence-electron chi connectivity index (χ1n) is 18.3. The number of hydrogen-bond donors (Lipinski definition) is 0. The van der Waals surface area contributed by atoms with Gasteiger partial charge in [-0.25, -0.2) is 0 Å². The highest BCUT2D eigenvalue weighted by molar-refractivity contribution is 7.73. The van der Waals surface area contributed by atoms with E-state index in [2.05, 4.69) is 33.8 Å². The molecule has 242 valence electrons. The molecule has 0 unspecified atom stereocenters. The van der Waals surface area contributed by atoms with Gasteiger partial charge in [-0.05, 0) is 25.7 Å². The SMILES string of the molecule is CCCCCCCCCCCCCCCCCC(=O)[O-].CCCCCCCCCCCCCCCC[P+](C)(C)C. The molecular weight excluding hydrogens is 507 g/mol. The van der Waals surface area contributed by atoms with Gasteiger partial charge in [-0.3, -0.25) is 0 Å². The van der Waals surface area contributed by atoms with E-state index in [-0.39, 0.29) is 6.42 Å². The van der Waals surface area contributed by atoms with E-state index in [4.69, 9.17) is 0 Å². The average Bonchev–Trinajstić information content (AvgIpc) is 2.90. The number of carbonyl (C=O) groups excluding carboxylic acids is 1. The van der Waals surface area contributed by atoms with E-state index in [1.807, 2.05) is 0 Å². The van der Waals surface area contributed by atoms with Crippen LogP contribution < -0.4 is 5.11 Å². The van der Waals surface area contributed by atoms with Crippen LogP contribution in [0.1, 0.15) is 206 Å². The fourth-order valence-corrected chi connectivity index (χ4v) is 6.59. The van der Waals surface area contributed by atoms with E-state index in [0.29, 0.717) is 0 Å². The first-order chi connectivity index (χ1) is 19.3. The number of carboxylic acids is 1. The summed E-state index contributed by atoms with van der Waals surface area (Å²) in [6.07, 6.45) is 42.0. The van der Waals surface area contributed by atoms with Gasteiger partial charge >= 0.3 is 0 Å². The summed E-state index contributed by atoms with van der Waals surface area (Å²) in [6.45, 7) is 12.0. The van der Waals surface area contributed by atoms with Crippen molar-refractivity contribution in [2.24, 2.45) is 0 Å². The quantitative estimate of drug-likeness (QED) is 0.0600. The molecule has 0 aromatic rings. The molecule has 0 aliphatic heterocycles. The third-order valence-electron chi connectivity index (χ3n) is 8.17. The van der Waals surface area contributed by atoms with Crippen molar-refractivity contribution in [3.05, 3.63) is 0 Å². The van der Waals surface area contributed by atoms with Crippen molar-refractivity contribution in [3.8, 4) is 0 Å². The van der Waals surface area contributed by atoms with Crippen LogP contribution in [-0.4, -0.2) is 32.1 Å². The summed E-state index contributed by atoms with van der Waals surface area (Å²) in [5, 5.41) is 10.2. The van der Waals surface area contributed by atoms with E-state index in [9.17, 15) is 9.90 Å². The Hall–Kier alpha value is -0.100. The molecule has 0 radical (unpaired) electrons. The number of carboxylic acid groups (broad SMARTS) is 1. The molecule has 0 bridgehead atoms. The van der Waals surface area contributed by atoms with Crippen LogP contribution in [0.2, 0.25) is 0 Å². The second-order valence-corrected chi connectivity index (χ2v) is 18.7. The zero-order chi connectivity index (χ0) is 30.0. The Labute approximate surface area is 255 Å². The summed E-state index contributed by atoms with van der Waals surface area (Å²) in [5.74, 6) is -0.903. The van der Waals surface area contributed by atoms with Gasteiger partial charge in [0.2, 0.25) is 0 Å². The molecule has 0 N–H and O–H groups in total. The van der Waals surface area contributed by atoms with Crippen LogP contribution >= 0.6 is 7.26 Å². The molecule has 0 rings (SSSR count). The van der Waals surface area contributed by atoms with E-state index >= 15 is 0 Å². The summed E-state index contributed by atoms with van der Waals surface area (Å²) in [5.41, 5.74) is 0. The van der Waals surface area contributed by atoms with E-state index < -0.39 is 13.2 Å². The fraction of sp³-hybridized carbons (Fsp3) is 0.973. The van der Waals surface area contributed by atoms with Crippen molar-refractivity contribution in [2.75, 3.05) is 26.2 Å². The molecule has 0 aromatic heterocycles. The van der Waals surface area contributed by atoms with Crippen molar-refractivity contribution in [2.45, 2.75) is 206 Å². The molecule has 0 saturated heterocycles. The Morgan fingerprint density at radius 2 is 0.625 bits per heavy atom. The minimum Gasteiger partial charge on any atom is -0.550 e. The third kappa shape index (κ3) is 44.9. The first-order valence-corrected chi connectivity index (χ1v) is 21.6. The lowest BCUT2D eigenvalue weighted by Crippen LogP contribution is -2.21. The second kappa shape index (κ2) is 35.1. The van der Waals surface area contributed by atoms with E-state index in [1.54, 1.807) is 0 Å². The lowest BCUT2D eigenvalue weighted by molar-refractivity contribution is -0.305. The van der Waals surface area contributed by atoms with E-state index in [0.717, 1.165) is 12.8 Å². The number of aliphatic carboxylic acids is 1. The molecule has 0 amide bonds. The highest BCUT2D eigenvalue weighted by atomic mass is 31.2. The zero-order valence-electron chi connectivity index (χ0n) is 28.7. The molecule has 0 atom stereocenters. The van der Waals surface area contributed by atoms with Crippen LogP contribution in [0.15, 0.2) is 0 Å². The third-order valence-corrected chi connectivity index (χ3v) is 9.82. The molecule has 0 saturated carbocycles. The van der Waals surface area contributed by atoms with E-state index in [1.165, 1.54) is 180 Å². The summed E-state index contributed by atoms with van der Waals surface area (Å²) in [7, 11) is -0.500. The van der Waals surface area contributed by atoms with Crippen molar-refractivity contribution < 1.29 is 9.90 Å². The molecule has 2 nitrogen and oxygen atoms in total. The van der Waals surface area contributed by atoms with Gasteiger partial charge in [0.1, 0.15) is 0 Å². The molecule has 0 aliphatic carbocycles. The number of carbonyl (C=O) groups is 1.